The van der Waals surface area contributed by atoms with E-state index in [4.69, 9.17) is 10.00 Å². The number of benzene rings is 1. The maximum atomic E-state index is 11.2. The summed E-state index contributed by atoms with van der Waals surface area (Å²) in [5.74, 6) is 0.311. The van der Waals surface area contributed by atoms with Gasteiger partial charge >= 0.3 is 5.97 Å². The number of esters is 1. The van der Waals surface area contributed by atoms with Crippen LogP contribution in [0.3, 0.4) is 0 Å². The van der Waals surface area contributed by atoms with E-state index in [-0.39, 0.29) is 12.4 Å². The first-order chi connectivity index (χ1) is 8.15. The number of nitriles is 1. The van der Waals surface area contributed by atoms with Crippen LogP contribution in [0.4, 0.5) is 0 Å². The van der Waals surface area contributed by atoms with Crippen LogP contribution in [0.2, 0.25) is 0 Å². The summed E-state index contributed by atoms with van der Waals surface area (Å²) >= 11 is 0. The Balaban J connectivity index is 3.19. The van der Waals surface area contributed by atoms with Crippen molar-refractivity contribution in [2.45, 2.75) is 19.8 Å². The van der Waals surface area contributed by atoms with Crippen LogP contribution in [0.15, 0.2) is 12.1 Å². The van der Waals surface area contributed by atoms with E-state index in [1.54, 1.807) is 19.2 Å². The van der Waals surface area contributed by atoms with Gasteiger partial charge in [-0.2, -0.15) is 5.26 Å². The third-order valence-corrected chi connectivity index (χ3v) is 2.54. The minimum absolute atomic E-state index is 0.144. The molecule has 0 aliphatic carbocycles. The lowest BCUT2D eigenvalue weighted by molar-refractivity contribution is -0.139. The molecule has 0 aliphatic heterocycles. The number of nitrogens with zero attached hydrogens (tertiary/aromatic N) is 1. The van der Waals surface area contributed by atoms with Crippen LogP contribution in [-0.4, -0.2) is 20.2 Å². The molecule has 90 valence electrons. The molecule has 0 fully saturated rings. The molecule has 0 amide bonds. The Hall–Kier alpha value is -2.02. The van der Waals surface area contributed by atoms with Gasteiger partial charge in [-0.25, -0.2) is 0 Å². The average Bonchev–Trinajstić information content (AvgIpc) is 2.37. The van der Waals surface area contributed by atoms with Crippen molar-refractivity contribution in [2.75, 3.05) is 14.2 Å². The van der Waals surface area contributed by atoms with Crippen LogP contribution >= 0.6 is 0 Å². The van der Waals surface area contributed by atoms with Gasteiger partial charge in [-0.05, 0) is 24.1 Å². The van der Waals surface area contributed by atoms with E-state index in [1.165, 1.54) is 7.11 Å². The zero-order valence-corrected chi connectivity index (χ0v) is 10.2. The smallest absolute Gasteiger partial charge is 0.309 e. The van der Waals surface area contributed by atoms with Gasteiger partial charge in [-0.3, -0.25) is 4.79 Å². The normalized spacial score (nSPS) is 9.53. The molecule has 4 heteroatoms. The zero-order chi connectivity index (χ0) is 12.8. The maximum Gasteiger partial charge on any atom is 0.309 e. The second kappa shape index (κ2) is 5.90. The molecule has 0 saturated carbocycles. The van der Waals surface area contributed by atoms with Crippen LogP contribution in [0, 0.1) is 11.3 Å². The van der Waals surface area contributed by atoms with E-state index in [0.29, 0.717) is 17.7 Å². The third-order valence-electron chi connectivity index (χ3n) is 2.54. The Labute approximate surface area is 101 Å². The first kappa shape index (κ1) is 13.0. The summed E-state index contributed by atoms with van der Waals surface area (Å²) in [6.45, 7) is 1.96. The number of carbonyl (C=O) groups is 1. The number of rotatable bonds is 4. The highest BCUT2D eigenvalue weighted by Gasteiger charge is 2.12. The topological polar surface area (TPSA) is 59.3 Å². The lowest BCUT2D eigenvalue weighted by Gasteiger charge is -2.11. The van der Waals surface area contributed by atoms with Crippen molar-refractivity contribution in [1.29, 1.82) is 5.26 Å². The van der Waals surface area contributed by atoms with E-state index in [2.05, 4.69) is 10.8 Å². The van der Waals surface area contributed by atoms with Crippen molar-refractivity contribution in [3.63, 3.8) is 0 Å². The van der Waals surface area contributed by atoms with Crippen molar-refractivity contribution in [1.82, 2.24) is 0 Å². The monoisotopic (exact) mass is 233 g/mol. The summed E-state index contributed by atoms with van der Waals surface area (Å²) in [4.78, 5) is 11.2. The highest BCUT2D eigenvalue weighted by molar-refractivity contribution is 5.73. The van der Waals surface area contributed by atoms with E-state index >= 15 is 0 Å². The van der Waals surface area contributed by atoms with Gasteiger partial charge in [0.15, 0.2) is 0 Å². The number of ether oxygens (including phenoxy) is 2. The fraction of sp³-hybridized carbons (Fsp3) is 0.385. The lowest BCUT2D eigenvalue weighted by Crippen LogP contribution is -2.06. The molecule has 0 atom stereocenters. The second-order valence-electron chi connectivity index (χ2n) is 3.54. The van der Waals surface area contributed by atoms with Crippen LogP contribution in [0.5, 0.6) is 5.75 Å². The fourth-order valence-corrected chi connectivity index (χ4v) is 1.69. The summed E-state index contributed by atoms with van der Waals surface area (Å²) in [5, 5.41) is 9.06. The van der Waals surface area contributed by atoms with Crippen molar-refractivity contribution in [2.24, 2.45) is 0 Å². The van der Waals surface area contributed by atoms with Gasteiger partial charge in [0.1, 0.15) is 5.75 Å². The molecule has 1 aromatic rings. The Morgan fingerprint density at radius 1 is 1.41 bits per heavy atom. The van der Waals surface area contributed by atoms with E-state index in [0.717, 1.165) is 11.1 Å². The van der Waals surface area contributed by atoms with Crippen LogP contribution in [0.1, 0.15) is 23.6 Å². The van der Waals surface area contributed by atoms with Gasteiger partial charge in [0.25, 0.3) is 0 Å². The van der Waals surface area contributed by atoms with Gasteiger partial charge in [0.2, 0.25) is 0 Å². The standard InChI is InChI=1S/C13H15NO3/c1-4-11-10(8-14)5-9(6-12(11)16-2)7-13(15)17-3/h5-6H,4,7H2,1-3H3. The number of methoxy groups -OCH3 is 2. The van der Waals surface area contributed by atoms with Crippen molar-refractivity contribution < 1.29 is 14.3 Å². The molecule has 4 nitrogen and oxygen atoms in total. The first-order valence-electron chi connectivity index (χ1n) is 5.32. The van der Waals surface area contributed by atoms with Crippen LogP contribution in [-0.2, 0) is 22.4 Å². The Morgan fingerprint density at radius 3 is 2.59 bits per heavy atom. The summed E-state index contributed by atoms with van der Waals surface area (Å²) in [6, 6.07) is 5.60. The molecule has 0 spiro atoms. The predicted molar refractivity (Wildman–Crippen MR) is 62.8 cm³/mol. The van der Waals surface area contributed by atoms with E-state index in [9.17, 15) is 4.79 Å². The summed E-state index contributed by atoms with van der Waals surface area (Å²) in [7, 11) is 2.89. The van der Waals surface area contributed by atoms with Gasteiger partial charge in [0, 0.05) is 5.56 Å². The predicted octanol–water partition coefficient (Wildman–Crippen LogP) is 1.84. The van der Waals surface area contributed by atoms with Crippen molar-refractivity contribution >= 4 is 5.97 Å². The van der Waals surface area contributed by atoms with Gasteiger partial charge in [0.05, 0.1) is 32.3 Å². The largest absolute Gasteiger partial charge is 0.496 e. The molecule has 0 saturated heterocycles. The molecule has 17 heavy (non-hydrogen) atoms. The molecule has 1 rings (SSSR count). The summed E-state index contributed by atoms with van der Waals surface area (Å²) in [5.41, 5.74) is 2.14. The SMILES string of the molecule is CCc1c(C#N)cc(CC(=O)OC)cc1OC. The molecule has 0 bridgehead atoms. The van der Waals surface area contributed by atoms with Gasteiger partial charge < -0.3 is 9.47 Å². The minimum Gasteiger partial charge on any atom is -0.496 e. The molecular weight excluding hydrogens is 218 g/mol. The highest BCUT2D eigenvalue weighted by atomic mass is 16.5. The first-order valence-corrected chi connectivity index (χ1v) is 5.32. The van der Waals surface area contributed by atoms with Crippen molar-refractivity contribution in [3.05, 3.63) is 28.8 Å². The molecular formula is C13H15NO3. The molecule has 0 N–H and O–H groups in total. The molecule has 0 aromatic heterocycles. The number of carbonyl (C=O) groups excluding carboxylic acids is 1. The molecule has 0 aliphatic rings. The van der Waals surface area contributed by atoms with Gasteiger partial charge in [-0.15, -0.1) is 0 Å². The number of hydrogen-bond acceptors (Lipinski definition) is 4. The average molecular weight is 233 g/mol. The second-order valence-corrected chi connectivity index (χ2v) is 3.54. The summed E-state index contributed by atoms with van der Waals surface area (Å²) < 4.78 is 9.83. The molecule has 1 aromatic carbocycles. The zero-order valence-electron chi connectivity index (χ0n) is 10.2. The number of hydrogen-bond donors (Lipinski definition) is 0. The third kappa shape index (κ3) is 2.97. The molecule has 0 radical (unpaired) electrons. The Kier molecular flexibility index (Phi) is 4.53. The quantitative estimate of drug-likeness (QED) is 0.744. The minimum atomic E-state index is -0.333. The Bertz CT molecular complexity index is 460. The Morgan fingerprint density at radius 2 is 2.12 bits per heavy atom. The van der Waals surface area contributed by atoms with E-state index < -0.39 is 0 Å². The highest BCUT2D eigenvalue weighted by Crippen LogP contribution is 2.25. The summed E-state index contributed by atoms with van der Waals surface area (Å²) in [6.07, 6.45) is 0.857. The van der Waals surface area contributed by atoms with E-state index in [1.807, 2.05) is 6.92 Å². The molecule has 0 unspecified atom stereocenters. The maximum absolute atomic E-state index is 11.2. The van der Waals surface area contributed by atoms with Gasteiger partial charge in [-0.1, -0.05) is 6.92 Å². The van der Waals surface area contributed by atoms with Crippen LogP contribution in [0.25, 0.3) is 0 Å². The fourth-order valence-electron chi connectivity index (χ4n) is 1.69. The van der Waals surface area contributed by atoms with Crippen LogP contribution < -0.4 is 4.74 Å². The molecule has 0 heterocycles. The van der Waals surface area contributed by atoms with Crippen molar-refractivity contribution in [3.8, 4) is 11.8 Å². The lowest BCUT2D eigenvalue weighted by atomic mass is 10.00.